The van der Waals surface area contributed by atoms with Gasteiger partial charge in [0.05, 0.1) is 23.7 Å². The lowest BCUT2D eigenvalue weighted by atomic mass is 9.94. The first kappa shape index (κ1) is 21.3. The number of fused-ring (bicyclic) bond motifs is 1. The van der Waals surface area contributed by atoms with Crippen LogP contribution in [0.15, 0.2) is 61.1 Å². The lowest BCUT2D eigenvalue weighted by molar-refractivity contribution is 0.163. The number of hydrogen-bond acceptors (Lipinski definition) is 5. The monoisotopic (exact) mass is 434 g/mol. The van der Waals surface area contributed by atoms with Gasteiger partial charge < -0.3 is 4.57 Å². The van der Waals surface area contributed by atoms with Gasteiger partial charge in [-0.2, -0.15) is 5.26 Å². The molecule has 1 unspecified atom stereocenters. The zero-order chi connectivity index (χ0) is 21.8. The topological polar surface area (TPSA) is 79.0 Å². The second kappa shape index (κ2) is 9.04. The van der Waals surface area contributed by atoms with Gasteiger partial charge in [0.15, 0.2) is 0 Å². The van der Waals surface area contributed by atoms with E-state index in [9.17, 15) is 8.42 Å². The molecule has 2 aromatic carbocycles. The highest BCUT2D eigenvalue weighted by Gasteiger charge is 2.27. The Morgan fingerprint density at radius 3 is 2.58 bits per heavy atom. The van der Waals surface area contributed by atoms with Crippen molar-refractivity contribution in [1.82, 2.24) is 14.5 Å². The fourth-order valence-corrected chi connectivity index (χ4v) is 4.73. The molecule has 0 spiro atoms. The third-order valence-electron chi connectivity index (χ3n) is 5.89. The van der Waals surface area contributed by atoms with Crippen molar-refractivity contribution >= 4 is 9.84 Å². The van der Waals surface area contributed by atoms with E-state index in [1.807, 2.05) is 42.9 Å². The van der Waals surface area contributed by atoms with Crippen LogP contribution in [-0.2, 0) is 35.8 Å². The molecular weight excluding hydrogens is 408 g/mol. The largest absolute Gasteiger partial charge is 0.333 e. The molecule has 1 aliphatic rings. The molecule has 0 bridgehead atoms. The Balaban J connectivity index is 1.53. The van der Waals surface area contributed by atoms with Crippen LogP contribution in [0.25, 0.3) is 0 Å². The maximum atomic E-state index is 11.8. The van der Waals surface area contributed by atoms with Crippen molar-refractivity contribution in [3.05, 3.63) is 89.0 Å². The van der Waals surface area contributed by atoms with E-state index in [4.69, 9.17) is 5.26 Å². The minimum absolute atomic E-state index is 0.160. The highest BCUT2D eigenvalue weighted by Crippen LogP contribution is 2.25. The molecule has 0 radical (unpaired) electrons. The SMILES string of the molecule is CS(=O)(=O)CCN1Cc2ccccc2CC1Cn1cncc1Cc1ccc(C#N)cc1. The van der Waals surface area contributed by atoms with Crippen molar-refractivity contribution in [1.29, 1.82) is 5.26 Å². The number of rotatable bonds is 7. The number of aromatic nitrogens is 2. The summed E-state index contributed by atoms with van der Waals surface area (Å²) in [6.45, 7) is 2.04. The van der Waals surface area contributed by atoms with Crippen molar-refractivity contribution < 1.29 is 8.42 Å². The van der Waals surface area contributed by atoms with Crippen LogP contribution in [0.4, 0.5) is 0 Å². The Hall–Kier alpha value is -2.95. The molecule has 0 N–H and O–H groups in total. The average molecular weight is 435 g/mol. The van der Waals surface area contributed by atoms with Gasteiger partial charge in [-0.15, -0.1) is 0 Å². The summed E-state index contributed by atoms with van der Waals surface area (Å²) >= 11 is 0. The van der Waals surface area contributed by atoms with E-state index in [0.717, 1.165) is 37.2 Å². The Bertz CT molecular complexity index is 1190. The smallest absolute Gasteiger partial charge is 0.148 e. The maximum absolute atomic E-state index is 11.8. The fourth-order valence-electron chi connectivity index (χ4n) is 4.16. The standard InChI is InChI=1S/C24H26N4O2S/c1-31(29,30)11-10-27-16-22-5-3-2-4-21(22)13-24(27)17-28-18-26-15-23(28)12-19-6-8-20(14-25)9-7-19/h2-9,15,18,24H,10-13,16-17H2,1H3. The van der Waals surface area contributed by atoms with E-state index in [1.54, 1.807) is 0 Å². The lowest BCUT2D eigenvalue weighted by Gasteiger charge is -2.37. The van der Waals surface area contributed by atoms with Crippen molar-refractivity contribution in [2.24, 2.45) is 0 Å². The molecule has 4 rings (SSSR count). The van der Waals surface area contributed by atoms with E-state index < -0.39 is 9.84 Å². The third kappa shape index (κ3) is 5.40. The summed E-state index contributed by atoms with van der Waals surface area (Å²) in [4.78, 5) is 6.65. The minimum atomic E-state index is -3.02. The molecule has 2 heterocycles. The molecule has 0 saturated heterocycles. The summed E-state index contributed by atoms with van der Waals surface area (Å²) in [7, 11) is -3.02. The van der Waals surface area contributed by atoms with Gasteiger partial charge in [-0.25, -0.2) is 13.4 Å². The van der Waals surface area contributed by atoms with Crippen molar-refractivity contribution in [3.63, 3.8) is 0 Å². The summed E-state index contributed by atoms with van der Waals surface area (Å²) in [6, 6.07) is 18.4. The number of hydrogen-bond donors (Lipinski definition) is 0. The number of imidazole rings is 1. The molecule has 0 fully saturated rings. The van der Waals surface area contributed by atoms with Gasteiger partial charge in [-0.3, -0.25) is 4.90 Å². The first-order valence-corrected chi connectivity index (χ1v) is 12.4. The van der Waals surface area contributed by atoms with Crippen LogP contribution < -0.4 is 0 Å². The maximum Gasteiger partial charge on any atom is 0.148 e. The molecule has 6 nitrogen and oxygen atoms in total. The van der Waals surface area contributed by atoms with Crippen LogP contribution in [0.1, 0.15) is 27.9 Å². The Kier molecular flexibility index (Phi) is 6.21. The highest BCUT2D eigenvalue weighted by atomic mass is 32.2. The molecule has 1 atom stereocenters. The first-order valence-electron chi connectivity index (χ1n) is 10.4. The summed E-state index contributed by atoms with van der Waals surface area (Å²) in [6.07, 6.45) is 6.66. The molecule has 1 aromatic heterocycles. The molecule has 160 valence electrons. The fraction of sp³-hybridized carbons (Fsp3) is 0.333. The molecule has 31 heavy (non-hydrogen) atoms. The summed E-state index contributed by atoms with van der Waals surface area (Å²) in [5.74, 6) is 0.160. The Labute approximate surface area is 183 Å². The predicted molar refractivity (Wildman–Crippen MR) is 120 cm³/mol. The summed E-state index contributed by atoms with van der Waals surface area (Å²) in [5.41, 5.74) is 5.49. The third-order valence-corrected chi connectivity index (χ3v) is 6.81. The van der Waals surface area contributed by atoms with Crippen LogP contribution in [-0.4, -0.2) is 47.5 Å². The molecule has 7 heteroatoms. The van der Waals surface area contributed by atoms with Gasteiger partial charge in [-0.05, 0) is 35.2 Å². The number of sulfone groups is 1. The molecule has 1 aliphatic heterocycles. The zero-order valence-corrected chi connectivity index (χ0v) is 18.4. The molecule has 3 aromatic rings. The Morgan fingerprint density at radius 1 is 1.13 bits per heavy atom. The van der Waals surface area contributed by atoms with E-state index in [-0.39, 0.29) is 11.8 Å². The van der Waals surface area contributed by atoms with Crippen LogP contribution in [0.2, 0.25) is 0 Å². The first-order chi connectivity index (χ1) is 14.9. The number of nitrogens with zero attached hydrogens (tertiary/aromatic N) is 4. The minimum Gasteiger partial charge on any atom is -0.333 e. The highest BCUT2D eigenvalue weighted by molar-refractivity contribution is 7.90. The van der Waals surface area contributed by atoms with Gasteiger partial charge >= 0.3 is 0 Å². The number of benzene rings is 2. The van der Waals surface area contributed by atoms with Crippen molar-refractivity contribution in [3.8, 4) is 6.07 Å². The van der Waals surface area contributed by atoms with Crippen molar-refractivity contribution in [2.75, 3.05) is 18.6 Å². The zero-order valence-electron chi connectivity index (χ0n) is 17.6. The summed E-state index contributed by atoms with van der Waals surface area (Å²) in [5, 5.41) is 8.99. The van der Waals surface area contributed by atoms with Gasteiger partial charge in [0, 0.05) is 50.2 Å². The van der Waals surface area contributed by atoms with E-state index >= 15 is 0 Å². The Morgan fingerprint density at radius 2 is 1.87 bits per heavy atom. The lowest BCUT2D eigenvalue weighted by Crippen LogP contribution is -2.45. The van der Waals surface area contributed by atoms with Crippen LogP contribution in [0.5, 0.6) is 0 Å². The van der Waals surface area contributed by atoms with Gasteiger partial charge in [0.25, 0.3) is 0 Å². The molecular formula is C24H26N4O2S. The van der Waals surface area contributed by atoms with Gasteiger partial charge in [0.1, 0.15) is 9.84 Å². The number of nitriles is 1. The van der Waals surface area contributed by atoms with Gasteiger partial charge in [0.2, 0.25) is 0 Å². The van der Waals surface area contributed by atoms with Crippen LogP contribution in [0, 0.1) is 11.3 Å². The van der Waals surface area contributed by atoms with Crippen LogP contribution >= 0.6 is 0 Å². The van der Waals surface area contributed by atoms with E-state index in [0.29, 0.717) is 12.1 Å². The van der Waals surface area contributed by atoms with Crippen LogP contribution in [0.3, 0.4) is 0 Å². The average Bonchev–Trinajstić information content (AvgIpc) is 3.18. The second-order valence-corrected chi connectivity index (χ2v) is 10.5. The van der Waals surface area contributed by atoms with Crippen molar-refractivity contribution in [2.45, 2.75) is 32.0 Å². The predicted octanol–water partition coefficient (Wildman–Crippen LogP) is 2.82. The molecule has 0 saturated carbocycles. The molecule has 0 aliphatic carbocycles. The second-order valence-electron chi connectivity index (χ2n) is 8.25. The quantitative estimate of drug-likeness (QED) is 0.571. The van der Waals surface area contributed by atoms with E-state index in [2.05, 4.69) is 38.7 Å². The normalized spacial score (nSPS) is 16.6. The van der Waals surface area contributed by atoms with E-state index in [1.165, 1.54) is 17.4 Å². The summed E-state index contributed by atoms with van der Waals surface area (Å²) < 4.78 is 25.7. The van der Waals surface area contributed by atoms with Gasteiger partial charge in [-0.1, -0.05) is 36.4 Å². The molecule has 0 amide bonds.